The van der Waals surface area contributed by atoms with Crippen LogP contribution in [0, 0.1) is 0 Å². The Morgan fingerprint density at radius 2 is 2.12 bits per heavy atom. The molecule has 0 bridgehead atoms. The molecule has 1 unspecified atom stereocenters. The molecule has 1 saturated heterocycles. The number of nitrogens with one attached hydrogen (secondary N) is 2. The van der Waals surface area contributed by atoms with Gasteiger partial charge in [-0.3, -0.25) is 4.99 Å². The predicted molar refractivity (Wildman–Crippen MR) is 106 cm³/mol. The van der Waals surface area contributed by atoms with Crippen LogP contribution in [0.25, 0.3) is 10.6 Å². The molecule has 4 nitrogen and oxygen atoms in total. The second-order valence-corrected chi connectivity index (χ2v) is 8.73. The fraction of sp³-hybridized carbons (Fsp3) is 0.444. The van der Waals surface area contributed by atoms with Crippen molar-refractivity contribution >= 4 is 29.1 Å². The van der Waals surface area contributed by atoms with Crippen LogP contribution < -0.4 is 10.6 Å². The van der Waals surface area contributed by atoms with Gasteiger partial charge in [-0.15, -0.1) is 11.3 Å². The van der Waals surface area contributed by atoms with Crippen molar-refractivity contribution in [2.75, 3.05) is 19.3 Å². The average Bonchev–Trinajstić information content (AvgIpc) is 3.26. The van der Waals surface area contributed by atoms with Crippen molar-refractivity contribution in [2.24, 2.45) is 4.99 Å². The highest BCUT2D eigenvalue weighted by Gasteiger charge is 2.29. The third-order valence-electron chi connectivity index (χ3n) is 4.16. The maximum atomic E-state index is 4.71. The molecule has 0 saturated carbocycles. The van der Waals surface area contributed by atoms with Gasteiger partial charge in [0, 0.05) is 29.3 Å². The summed E-state index contributed by atoms with van der Waals surface area (Å²) >= 11 is 3.74. The molecule has 1 fully saturated rings. The van der Waals surface area contributed by atoms with Gasteiger partial charge >= 0.3 is 0 Å². The molecule has 1 aliphatic heterocycles. The van der Waals surface area contributed by atoms with E-state index in [9.17, 15) is 0 Å². The number of rotatable bonds is 5. The van der Waals surface area contributed by atoms with E-state index in [4.69, 9.17) is 4.98 Å². The number of hydrogen-bond acceptors (Lipinski definition) is 4. The van der Waals surface area contributed by atoms with Crippen LogP contribution >= 0.6 is 23.1 Å². The predicted octanol–water partition coefficient (Wildman–Crippen LogP) is 3.76. The Bertz CT molecular complexity index is 675. The van der Waals surface area contributed by atoms with E-state index >= 15 is 0 Å². The van der Waals surface area contributed by atoms with E-state index < -0.39 is 0 Å². The van der Waals surface area contributed by atoms with Crippen molar-refractivity contribution in [1.82, 2.24) is 15.6 Å². The summed E-state index contributed by atoms with van der Waals surface area (Å²) in [4.78, 5) is 9.03. The molecule has 6 heteroatoms. The third kappa shape index (κ3) is 4.51. The van der Waals surface area contributed by atoms with Gasteiger partial charge in [-0.05, 0) is 25.5 Å². The second kappa shape index (κ2) is 8.03. The minimum atomic E-state index is 0.332. The molecule has 2 N–H and O–H groups in total. The third-order valence-corrected chi connectivity index (χ3v) is 6.64. The van der Waals surface area contributed by atoms with Gasteiger partial charge in [-0.1, -0.05) is 30.3 Å². The van der Waals surface area contributed by atoms with Crippen molar-refractivity contribution in [3.8, 4) is 10.6 Å². The molecule has 0 amide bonds. The van der Waals surface area contributed by atoms with E-state index in [0.29, 0.717) is 11.3 Å². The van der Waals surface area contributed by atoms with Gasteiger partial charge in [0.15, 0.2) is 5.96 Å². The smallest absolute Gasteiger partial charge is 0.191 e. The van der Waals surface area contributed by atoms with Crippen molar-refractivity contribution in [1.29, 1.82) is 0 Å². The molecule has 2 heterocycles. The summed E-state index contributed by atoms with van der Waals surface area (Å²) in [5.41, 5.74) is 2.21. The van der Waals surface area contributed by atoms with Gasteiger partial charge in [0.25, 0.3) is 0 Å². The quantitative estimate of drug-likeness (QED) is 0.630. The van der Waals surface area contributed by atoms with Crippen LogP contribution in [-0.4, -0.2) is 35.0 Å². The molecule has 0 aliphatic carbocycles. The zero-order valence-corrected chi connectivity index (χ0v) is 15.8. The van der Waals surface area contributed by atoms with Crippen LogP contribution in [0.15, 0.2) is 40.7 Å². The van der Waals surface area contributed by atoms with Gasteiger partial charge in [0.05, 0.1) is 12.2 Å². The Kier molecular flexibility index (Phi) is 5.79. The van der Waals surface area contributed by atoms with E-state index in [2.05, 4.69) is 51.8 Å². The number of thiazole rings is 1. The molecular weight excluding hydrogens is 336 g/mol. The minimum Gasteiger partial charge on any atom is -0.355 e. The number of nitrogens with zero attached hydrogens (tertiary/aromatic N) is 2. The molecule has 1 aromatic heterocycles. The molecule has 1 aliphatic rings. The van der Waals surface area contributed by atoms with Crippen LogP contribution in [0.3, 0.4) is 0 Å². The van der Waals surface area contributed by atoms with Gasteiger partial charge in [0.1, 0.15) is 5.01 Å². The summed E-state index contributed by atoms with van der Waals surface area (Å²) in [5, 5.41) is 9.99. The average molecular weight is 361 g/mol. The summed E-state index contributed by atoms with van der Waals surface area (Å²) in [7, 11) is 1.82. The van der Waals surface area contributed by atoms with Crippen molar-refractivity contribution in [3.63, 3.8) is 0 Å². The molecule has 1 aromatic carbocycles. The Labute approximate surface area is 152 Å². The van der Waals surface area contributed by atoms with Gasteiger partial charge in [0.2, 0.25) is 0 Å². The number of hydrogen-bond donors (Lipinski definition) is 2. The summed E-state index contributed by atoms with van der Waals surface area (Å²) in [6.45, 7) is 3.97. The topological polar surface area (TPSA) is 49.3 Å². The number of aromatic nitrogens is 1. The van der Waals surface area contributed by atoms with Gasteiger partial charge in [-0.2, -0.15) is 11.8 Å². The molecular formula is C18H24N4S2. The summed E-state index contributed by atoms with van der Waals surface area (Å²) in [6.07, 6.45) is 2.59. The lowest BCUT2D eigenvalue weighted by Crippen LogP contribution is -2.43. The number of benzene rings is 1. The molecule has 24 heavy (non-hydrogen) atoms. The molecule has 0 radical (unpaired) electrons. The lowest BCUT2D eigenvalue weighted by Gasteiger charge is -2.24. The van der Waals surface area contributed by atoms with E-state index in [1.807, 2.05) is 25.2 Å². The molecule has 128 valence electrons. The van der Waals surface area contributed by atoms with Crippen molar-refractivity contribution in [3.05, 3.63) is 41.4 Å². The zero-order valence-electron chi connectivity index (χ0n) is 14.2. The van der Waals surface area contributed by atoms with Gasteiger partial charge < -0.3 is 10.6 Å². The first-order valence-electron chi connectivity index (χ1n) is 8.27. The first kappa shape index (κ1) is 17.3. The van der Waals surface area contributed by atoms with Gasteiger partial charge in [-0.25, -0.2) is 4.98 Å². The lowest BCUT2D eigenvalue weighted by atomic mass is 10.1. The molecule has 1 atom stereocenters. The number of guanidine groups is 1. The maximum Gasteiger partial charge on any atom is 0.191 e. The maximum absolute atomic E-state index is 4.71. The highest BCUT2D eigenvalue weighted by Crippen LogP contribution is 2.36. The van der Waals surface area contributed by atoms with Crippen LogP contribution in [0.5, 0.6) is 0 Å². The lowest BCUT2D eigenvalue weighted by molar-refractivity contribution is 0.584. The van der Waals surface area contributed by atoms with E-state index in [-0.39, 0.29) is 0 Å². The molecule has 3 rings (SSSR count). The summed E-state index contributed by atoms with van der Waals surface area (Å²) in [6, 6.07) is 10.3. The summed E-state index contributed by atoms with van der Waals surface area (Å²) in [5.74, 6) is 2.11. The Morgan fingerprint density at radius 1 is 1.29 bits per heavy atom. The van der Waals surface area contributed by atoms with Crippen LogP contribution in [0.1, 0.15) is 25.5 Å². The highest BCUT2D eigenvalue weighted by atomic mass is 32.2. The monoisotopic (exact) mass is 360 g/mol. The number of thioether (sulfide) groups is 1. The molecule has 2 aromatic rings. The second-order valence-electron chi connectivity index (χ2n) is 6.19. The van der Waals surface area contributed by atoms with Crippen molar-refractivity contribution in [2.45, 2.75) is 31.1 Å². The van der Waals surface area contributed by atoms with Crippen molar-refractivity contribution < 1.29 is 0 Å². The van der Waals surface area contributed by atoms with Crippen LogP contribution in [-0.2, 0) is 6.54 Å². The van der Waals surface area contributed by atoms with Crippen LogP contribution in [0.4, 0.5) is 0 Å². The largest absolute Gasteiger partial charge is 0.355 e. The molecule has 0 spiro atoms. The zero-order chi connectivity index (χ0) is 16.8. The van der Waals surface area contributed by atoms with E-state index in [1.165, 1.54) is 24.2 Å². The fourth-order valence-corrected chi connectivity index (χ4v) is 4.81. The van der Waals surface area contributed by atoms with E-state index in [1.54, 1.807) is 11.3 Å². The minimum absolute atomic E-state index is 0.332. The first-order valence-corrected chi connectivity index (χ1v) is 10.1. The Morgan fingerprint density at radius 3 is 2.83 bits per heavy atom. The van der Waals surface area contributed by atoms with Crippen LogP contribution in [0.2, 0.25) is 0 Å². The number of aliphatic imine (C=N–C) groups is 1. The normalized spacial score (nSPS) is 21.0. The highest BCUT2D eigenvalue weighted by molar-refractivity contribution is 8.00. The standard InChI is InChI=1S/C18H24N4S2/c1-18(9-6-10-24-18)13-21-17(19-2)20-11-15-12-23-16(22-15)14-7-4-3-5-8-14/h3-5,7-8,12H,6,9-11,13H2,1-2H3,(H2,19,20,21). The van der Waals surface area contributed by atoms with E-state index in [0.717, 1.165) is 23.2 Å². The summed E-state index contributed by atoms with van der Waals surface area (Å²) < 4.78 is 0.332. The Hall–Kier alpha value is -1.53. The SMILES string of the molecule is CN=C(NCc1csc(-c2ccccc2)n1)NCC1(C)CCCS1. The fourth-order valence-electron chi connectivity index (χ4n) is 2.74. The Balaban J connectivity index is 1.52. The first-order chi connectivity index (χ1) is 11.7.